The summed E-state index contributed by atoms with van der Waals surface area (Å²) in [5.41, 5.74) is 1.69. The molecule has 0 radical (unpaired) electrons. The minimum atomic E-state index is -0.855. The minimum absolute atomic E-state index is 0.124. The number of hydrogen-bond acceptors (Lipinski definition) is 5. The summed E-state index contributed by atoms with van der Waals surface area (Å²) in [7, 11) is 0. The molecule has 1 amide bonds. The zero-order valence-corrected chi connectivity index (χ0v) is 17.7. The smallest absolute Gasteiger partial charge is 0.325 e. The van der Waals surface area contributed by atoms with Gasteiger partial charge in [-0.1, -0.05) is 22.0 Å². The average Bonchev–Trinajstić information content (AvgIpc) is 3.12. The standard InChI is InChI=1S/C20H25BrN4O4/c21-14-1-2-15-16(12-22-17(15)11-14)19(20(27)28)25-5-3-23(4-6-25)13-18(26)24-7-9-29-10-8-24/h1-2,11-12,19,22H,3-10,13H2,(H,27,28). The van der Waals surface area contributed by atoms with Gasteiger partial charge in [0.25, 0.3) is 0 Å². The van der Waals surface area contributed by atoms with Crippen molar-refractivity contribution in [2.45, 2.75) is 6.04 Å². The summed E-state index contributed by atoms with van der Waals surface area (Å²) < 4.78 is 6.25. The number of nitrogens with zero attached hydrogens (tertiary/aromatic N) is 3. The molecule has 2 fully saturated rings. The first kappa shape index (κ1) is 20.3. The van der Waals surface area contributed by atoms with Crippen molar-refractivity contribution in [2.75, 3.05) is 59.0 Å². The number of fused-ring (bicyclic) bond motifs is 1. The van der Waals surface area contributed by atoms with Gasteiger partial charge in [-0.15, -0.1) is 0 Å². The van der Waals surface area contributed by atoms with Crippen LogP contribution in [0.2, 0.25) is 0 Å². The number of morpholine rings is 1. The van der Waals surface area contributed by atoms with E-state index in [1.165, 1.54) is 0 Å². The number of nitrogens with one attached hydrogen (secondary N) is 1. The van der Waals surface area contributed by atoms with Crippen LogP contribution in [-0.4, -0.2) is 95.7 Å². The second kappa shape index (κ2) is 8.83. The zero-order valence-electron chi connectivity index (χ0n) is 16.1. The van der Waals surface area contributed by atoms with Gasteiger partial charge in [-0.3, -0.25) is 19.4 Å². The third kappa shape index (κ3) is 4.48. The van der Waals surface area contributed by atoms with Crippen molar-refractivity contribution in [3.05, 3.63) is 34.4 Å². The molecule has 1 aromatic carbocycles. The van der Waals surface area contributed by atoms with Crippen LogP contribution < -0.4 is 0 Å². The van der Waals surface area contributed by atoms with Crippen LogP contribution in [-0.2, 0) is 14.3 Å². The van der Waals surface area contributed by atoms with E-state index in [9.17, 15) is 14.7 Å². The van der Waals surface area contributed by atoms with Crippen LogP contribution >= 0.6 is 15.9 Å². The second-order valence-electron chi connectivity index (χ2n) is 7.48. The number of benzene rings is 1. The molecule has 2 aliphatic heterocycles. The summed E-state index contributed by atoms with van der Waals surface area (Å²) >= 11 is 3.45. The van der Waals surface area contributed by atoms with Crippen molar-refractivity contribution in [2.24, 2.45) is 0 Å². The van der Waals surface area contributed by atoms with E-state index in [0.29, 0.717) is 59.0 Å². The van der Waals surface area contributed by atoms with Gasteiger partial charge in [0.1, 0.15) is 6.04 Å². The molecule has 0 saturated carbocycles. The second-order valence-corrected chi connectivity index (χ2v) is 8.40. The molecule has 2 aliphatic rings. The summed E-state index contributed by atoms with van der Waals surface area (Å²) in [5, 5.41) is 10.9. The van der Waals surface area contributed by atoms with Crippen LogP contribution in [0.25, 0.3) is 10.9 Å². The van der Waals surface area contributed by atoms with Gasteiger partial charge in [-0.2, -0.15) is 0 Å². The SMILES string of the molecule is O=C(O)C(c1c[nH]c2cc(Br)ccc12)N1CCN(CC(=O)N2CCOCC2)CC1. The predicted octanol–water partition coefficient (Wildman–Crippen LogP) is 1.53. The van der Waals surface area contributed by atoms with Crippen molar-refractivity contribution >= 4 is 38.7 Å². The average molecular weight is 465 g/mol. The minimum Gasteiger partial charge on any atom is -0.480 e. The van der Waals surface area contributed by atoms with E-state index in [4.69, 9.17) is 4.74 Å². The number of hydrogen-bond donors (Lipinski definition) is 2. The Morgan fingerprint density at radius 2 is 1.86 bits per heavy atom. The summed E-state index contributed by atoms with van der Waals surface area (Å²) in [6.07, 6.45) is 1.80. The summed E-state index contributed by atoms with van der Waals surface area (Å²) in [4.78, 5) is 33.7. The number of carbonyl (C=O) groups is 2. The van der Waals surface area contributed by atoms with E-state index >= 15 is 0 Å². The maximum atomic E-state index is 12.5. The Bertz CT molecular complexity index is 888. The summed E-state index contributed by atoms with van der Waals surface area (Å²) in [6.45, 7) is 5.44. The molecule has 0 spiro atoms. The van der Waals surface area contributed by atoms with Crippen LogP contribution in [0.1, 0.15) is 11.6 Å². The maximum absolute atomic E-state index is 12.5. The fraction of sp³-hybridized carbons (Fsp3) is 0.500. The lowest BCUT2D eigenvalue weighted by Gasteiger charge is -2.38. The zero-order chi connectivity index (χ0) is 20.4. The number of carboxylic acids is 1. The van der Waals surface area contributed by atoms with Crippen molar-refractivity contribution in [1.82, 2.24) is 19.7 Å². The number of aromatic amines is 1. The molecule has 2 N–H and O–H groups in total. The van der Waals surface area contributed by atoms with Crippen molar-refractivity contribution in [3.8, 4) is 0 Å². The van der Waals surface area contributed by atoms with Crippen molar-refractivity contribution < 1.29 is 19.4 Å². The van der Waals surface area contributed by atoms with Gasteiger partial charge in [-0.25, -0.2) is 0 Å². The molecule has 0 bridgehead atoms. The number of amides is 1. The summed E-state index contributed by atoms with van der Waals surface area (Å²) in [6, 6.07) is 5.11. The number of aromatic nitrogens is 1. The third-order valence-electron chi connectivity index (χ3n) is 5.70. The maximum Gasteiger partial charge on any atom is 0.325 e. The molecule has 9 heteroatoms. The number of rotatable bonds is 5. The summed E-state index contributed by atoms with van der Waals surface area (Å²) in [5.74, 6) is -0.731. The first-order valence-electron chi connectivity index (χ1n) is 9.84. The molecule has 3 heterocycles. The molecule has 4 rings (SSSR count). The molecule has 0 aliphatic carbocycles. The fourth-order valence-electron chi connectivity index (χ4n) is 4.12. The Labute approximate surface area is 177 Å². The molecule has 156 valence electrons. The number of carbonyl (C=O) groups excluding carboxylic acids is 1. The molecule has 1 unspecified atom stereocenters. The lowest BCUT2D eigenvalue weighted by atomic mass is 10.0. The first-order chi connectivity index (χ1) is 14.0. The Hall–Kier alpha value is -1.94. The molecule has 1 atom stereocenters. The Balaban J connectivity index is 1.41. The quantitative estimate of drug-likeness (QED) is 0.697. The van der Waals surface area contributed by atoms with Crippen LogP contribution in [0.15, 0.2) is 28.9 Å². The Morgan fingerprint density at radius 3 is 2.55 bits per heavy atom. The van der Waals surface area contributed by atoms with E-state index in [1.54, 1.807) is 6.20 Å². The van der Waals surface area contributed by atoms with E-state index < -0.39 is 12.0 Å². The molecule has 2 aromatic rings. The first-order valence-corrected chi connectivity index (χ1v) is 10.6. The normalized spacial score (nSPS) is 20.1. The molecular weight excluding hydrogens is 440 g/mol. The number of H-pyrrole nitrogens is 1. The Morgan fingerprint density at radius 1 is 1.14 bits per heavy atom. The number of ether oxygens (including phenoxy) is 1. The van der Waals surface area contributed by atoms with Gasteiger partial charge < -0.3 is 19.7 Å². The van der Waals surface area contributed by atoms with E-state index in [1.807, 2.05) is 28.0 Å². The third-order valence-corrected chi connectivity index (χ3v) is 6.19. The number of aliphatic carboxylic acids is 1. The molecule has 29 heavy (non-hydrogen) atoms. The highest BCUT2D eigenvalue weighted by Crippen LogP contribution is 2.31. The van der Waals surface area contributed by atoms with Gasteiger partial charge in [0, 0.05) is 66.4 Å². The lowest BCUT2D eigenvalue weighted by Crippen LogP contribution is -2.52. The van der Waals surface area contributed by atoms with Crippen LogP contribution in [0.5, 0.6) is 0 Å². The highest BCUT2D eigenvalue weighted by atomic mass is 79.9. The van der Waals surface area contributed by atoms with Crippen LogP contribution in [0.4, 0.5) is 0 Å². The van der Waals surface area contributed by atoms with Gasteiger partial charge in [0.05, 0.1) is 19.8 Å². The highest BCUT2D eigenvalue weighted by Gasteiger charge is 2.32. The predicted molar refractivity (Wildman–Crippen MR) is 112 cm³/mol. The van der Waals surface area contributed by atoms with Crippen LogP contribution in [0, 0.1) is 0 Å². The number of piperazine rings is 1. The lowest BCUT2D eigenvalue weighted by molar-refractivity contribution is -0.145. The molecule has 8 nitrogen and oxygen atoms in total. The largest absolute Gasteiger partial charge is 0.480 e. The van der Waals surface area contributed by atoms with E-state index in [2.05, 4.69) is 25.8 Å². The van der Waals surface area contributed by atoms with E-state index in [0.717, 1.165) is 20.9 Å². The topological polar surface area (TPSA) is 89.1 Å². The number of halogens is 1. The van der Waals surface area contributed by atoms with E-state index in [-0.39, 0.29) is 5.91 Å². The fourth-order valence-corrected chi connectivity index (χ4v) is 4.48. The van der Waals surface area contributed by atoms with Gasteiger partial charge in [0.2, 0.25) is 5.91 Å². The molecule has 1 aromatic heterocycles. The monoisotopic (exact) mass is 464 g/mol. The van der Waals surface area contributed by atoms with Gasteiger partial charge >= 0.3 is 5.97 Å². The Kier molecular flexibility index (Phi) is 6.19. The number of carboxylic acid groups (broad SMARTS) is 1. The van der Waals surface area contributed by atoms with Crippen molar-refractivity contribution in [1.29, 1.82) is 0 Å². The van der Waals surface area contributed by atoms with Gasteiger partial charge in [-0.05, 0) is 12.1 Å². The van der Waals surface area contributed by atoms with Crippen molar-refractivity contribution in [3.63, 3.8) is 0 Å². The highest BCUT2D eigenvalue weighted by molar-refractivity contribution is 9.10. The van der Waals surface area contributed by atoms with Gasteiger partial charge in [0.15, 0.2) is 0 Å². The molecule has 2 saturated heterocycles. The molecular formula is C20H25BrN4O4. The van der Waals surface area contributed by atoms with Crippen LogP contribution in [0.3, 0.4) is 0 Å².